The lowest BCUT2D eigenvalue weighted by molar-refractivity contribution is -0.0508. The van der Waals surface area contributed by atoms with Gasteiger partial charge in [0.2, 0.25) is 0 Å². The summed E-state index contributed by atoms with van der Waals surface area (Å²) in [6.45, 7) is 4.27. The van der Waals surface area contributed by atoms with Crippen molar-refractivity contribution in [1.29, 1.82) is 0 Å². The standard InChI is InChI=1S/C14H21F2NO/c1-4-9-17-13(10(2)3)11-7-5-6-8-12(11)18-14(15)16/h5-8,10,13-14,17H,4,9H2,1-3H3. The van der Waals surface area contributed by atoms with Crippen molar-refractivity contribution in [3.05, 3.63) is 29.8 Å². The Bertz CT molecular complexity index is 355. The third-order valence-electron chi connectivity index (χ3n) is 2.75. The normalized spacial score (nSPS) is 13.1. The summed E-state index contributed by atoms with van der Waals surface area (Å²) in [6.07, 6.45) is 1.00. The first kappa shape index (κ1) is 14.9. The van der Waals surface area contributed by atoms with Crippen LogP contribution in [0.4, 0.5) is 8.78 Å². The second kappa shape index (κ2) is 7.31. The topological polar surface area (TPSA) is 21.3 Å². The van der Waals surface area contributed by atoms with Crippen molar-refractivity contribution in [2.24, 2.45) is 5.92 Å². The Kier molecular flexibility index (Phi) is 6.05. The van der Waals surface area contributed by atoms with Crippen LogP contribution in [0.5, 0.6) is 5.75 Å². The van der Waals surface area contributed by atoms with Crippen LogP contribution in [0, 0.1) is 5.92 Å². The van der Waals surface area contributed by atoms with Crippen molar-refractivity contribution in [3.8, 4) is 5.75 Å². The molecule has 102 valence electrons. The maximum absolute atomic E-state index is 12.4. The molecule has 0 aliphatic heterocycles. The third kappa shape index (κ3) is 4.26. The van der Waals surface area contributed by atoms with Crippen LogP contribution in [0.15, 0.2) is 24.3 Å². The van der Waals surface area contributed by atoms with Crippen LogP contribution in [0.1, 0.15) is 38.8 Å². The van der Waals surface area contributed by atoms with E-state index in [2.05, 4.69) is 30.8 Å². The molecule has 0 saturated heterocycles. The number of halogens is 2. The van der Waals surface area contributed by atoms with Crippen molar-refractivity contribution in [1.82, 2.24) is 5.32 Å². The zero-order valence-electron chi connectivity index (χ0n) is 11.1. The number of hydrogen-bond donors (Lipinski definition) is 1. The molecule has 0 heterocycles. The van der Waals surface area contributed by atoms with Gasteiger partial charge in [0.15, 0.2) is 0 Å². The first-order valence-electron chi connectivity index (χ1n) is 6.33. The van der Waals surface area contributed by atoms with Gasteiger partial charge >= 0.3 is 6.61 Å². The largest absolute Gasteiger partial charge is 0.434 e. The van der Waals surface area contributed by atoms with Crippen LogP contribution < -0.4 is 10.1 Å². The van der Waals surface area contributed by atoms with Crippen molar-refractivity contribution in [3.63, 3.8) is 0 Å². The molecule has 1 aromatic rings. The molecule has 2 nitrogen and oxygen atoms in total. The van der Waals surface area contributed by atoms with Crippen molar-refractivity contribution in [2.45, 2.75) is 39.8 Å². The molecule has 0 bridgehead atoms. The second-order valence-electron chi connectivity index (χ2n) is 4.59. The summed E-state index contributed by atoms with van der Waals surface area (Å²) in [6, 6.07) is 7.00. The number of ether oxygens (including phenoxy) is 1. The SMILES string of the molecule is CCCNC(c1ccccc1OC(F)F)C(C)C. The lowest BCUT2D eigenvalue weighted by Crippen LogP contribution is -2.27. The van der Waals surface area contributed by atoms with Gasteiger partial charge in [0.1, 0.15) is 5.75 Å². The zero-order valence-corrected chi connectivity index (χ0v) is 11.1. The number of benzene rings is 1. The molecule has 0 radical (unpaired) electrons. The Morgan fingerprint density at radius 3 is 2.44 bits per heavy atom. The minimum Gasteiger partial charge on any atom is -0.434 e. The molecule has 0 aromatic heterocycles. The van der Waals surface area contributed by atoms with Crippen LogP contribution >= 0.6 is 0 Å². The monoisotopic (exact) mass is 257 g/mol. The molecule has 4 heteroatoms. The van der Waals surface area contributed by atoms with Crippen LogP contribution in [0.25, 0.3) is 0 Å². The van der Waals surface area contributed by atoms with Gasteiger partial charge < -0.3 is 10.1 Å². The molecule has 0 spiro atoms. The van der Waals surface area contributed by atoms with Gasteiger partial charge in [-0.05, 0) is 24.9 Å². The van der Waals surface area contributed by atoms with E-state index in [1.54, 1.807) is 12.1 Å². The number of rotatable bonds is 7. The highest BCUT2D eigenvalue weighted by atomic mass is 19.3. The van der Waals surface area contributed by atoms with Gasteiger partial charge in [0, 0.05) is 11.6 Å². The van der Waals surface area contributed by atoms with Crippen LogP contribution in [0.2, 0.25) is 0 Å². The van der Waals surface area contributed by atoms with Gasteiger partial charge in [0.05, 0.1) is 0 Å². The number of para-hydroxylation sites is 1. The van der Waals surface area contributed by atoms with Crippen molar-refractivity contribution in [2.75, 3.05) is 6.54 Å². The molecule has 0 amide bonds. The molecule has 18 heavy (non-hydrogen) atoms. The number of alkyl halides is 2. The number of hydrogen-bond acceptors (Lipinski definition) is 2. The smallest absolute Gasteiger partial charge is 0.387 e. The Hall–Kier alpha value is -1.16. The predicted octanol–water partition coefficient (Wildman–Crippen LogP) is 3.98. The average Bonchev–Trinajstić information content (AvgIpc) is 2.30. The maximum Gasteiger partial charge on any atom is 0.387 e. The third-order valence-corrected chi connectivity index (χ3v) is 2.75. The van der Waals surface area contributed by atoms with Gasteiger partial charge in [-0.15, -0.1) is 0 Å². The second-order valence-corrected chi connectivity index (χ2v) is 4.59. The first-order valence-corrected chi connectivity index (χ1v) is 6.33. The molecule has 1 aromatic carbocycles. The highest BCUT2D eigenvalue weighted by Gasteiger charge is 2.20. The van der Waals surface area contributed by atoms with Crippen LogP contribution in [0.3, 0.4) is 0 Å². The predicted molar refractivity (Wildman–Crippen MR) is 68.9 cm³/mol. The lowest BCUT2D eigenvalue weighted by Gasteiger charge is -2.24. The number of nitrogens with one attached hydrogen (secondary N) is 1. The van der Waals surface area contributed by atoms with E-state index in [1.807, 2.05) is 12.1 Å². The van der Waals surface area contributed by atoms with E-state index < -0.39 is 6.61 Å². The molecule has 0 saturated carbocycles. The molecular weight excluding hydrogens is 236 g/mol. The fourth-order valence-electron chi connectivity index (χ4n) is 1.95. The summed E-state index contributed by atoms with van der Waals surface area (Å²) in [4.78, 5) is 0. The minimum atomic E-state index is -2.79. The van der Waals surface area contributed by atoms with E-state index in [0.29, 0.717) is 5.92 Å². The fourth-order valence-corrected chi connectivity index (χ4v) is 1.95. The molecule has 0 aliphatic rings. The molecule has 1 N–H and O–H groups in total. The summed E-state index contributed by atoms with van der Waals surface area (Å²) in [5.74, 6) is 0.564. The first-order chi connectivity index (χ1) is 8.56. The van der Waals surface area contributed by atoms with Gasteiger partial charge in [-0.1, -0.05) is 39.0 Å². The van der Waals surface area contributed by atoms with Crippen LogP contribution in [-0.4, -0.2) is 13.2 Å². The Labute approximate surface area is 107 Å². The highest BCUT2D eigenvalue weighted by Crippen LogP contribution is 2.30. The zero-order chi connectivity index (χ0) is 13.5. The Morgan fingerprint density at radius 2 is 1.89 bits per heavy atom. The van der Waals surface area contributed by atoms with E-state index in [-0.39, 0.29) is 11.8 Å². The van der Waals surface area contributed by atoms with Gasteiger partial charge in [-0.2, -0.15) is 8.78 Å². The van der Waals surface area contributed by atoms with E-state index in [9.17, 15) is 8.78 Å². The quantitative estimate of drug-likeness (QED) is 0.797. The molecule has 1 unspecified atom stereocenters. The summed E-state index contributed by atoms with van der Waals surface area (Å²) >= 11 is 0. The van der Waals surface area contributed by atoms with Gasteiger partial charge in [-0.3, -0.25) is 0 Å². The van der Waals surface area contributed by atoms with Crippen LogP contribution in [-0.2, 0) is 0 Å². The summed E-state index contributed by atoms with van der Waals surface area (Å²) in [5, 5.41) is 3.37. The van der Waals surface area contributed by atoms with Gasteiger partial charge in [0.25, 0.3) is 0 Å². The van der Waals surface area contributed by atoms with E-state index in [4.69, 9.17) is 0 Å². The Morgan fingerprint density at radius 1 is 1.22 bits per heavy atom. The molecule has 0 fully saturated rings. The highest BCUT2D eigenvalue weighted by molar-refractivity contribution is 5.36. The van der Waals surface area contributed by atoms with Gasteiger partial charge in [-0.25, -0.2) is 0 Å². The van der Waals surface area contributed by atoms with E-state index in [0.717, 1.165) is 18.5 Å². The molecular formula is C14H21F2NO. The summed E-state index contributed by atoms with van der Waals surface area (Å²) in [5.41, 5.74) is 0.793. The maximum atomic E-state index is 12.4. The Balaban J connectivity index is 2.95. The van der Waals surface area contributed by atoms with E-state index in [1.165, 1.54) is 0 Å². The minimum absolute atomic E-state index is 0.0277. The van der Waals surface area contributed by atoms with E-state index >= 15 is 0 Å². The van der Waals surface area contributed by atoms with Crippen molar-refractivity contribution < 1.29 is 13.5 Å². The molecule has 1 rings (SSSR count). The molecule has 0 aliphatic carbocycles. The summed E-state index contributed by atoms with van der Waals surface area (Å²) < 4.78 is 29.3. The summed E-state index contributed by atoms with van der Waals surface area (Å²) in [7, 11) is 0. The fraction of sp³-hybridized carbons (Fsp3) is 0.571. The lowest BCUT2D eigenvalue weighted by atomic mass is 9.95. The molecule has 1 atom stereocenters. The van der Waals surface area contributed by atoms with Crippen molar-refractivity contribution >= 4 is 0 Å². The average molecular weight is 257 g/mol.